The van der Waals surface area contributed by atoms with Gasteiger partial charge in [0.05, 0.1) is 18.6 Å². The highest BCUT2D eigenvalue weighted by Crippen LogP contribution is 2.25. The molecule has 0 saturated carbocycles. The van der Waals surface area contributed by atoms with Crippen LogP contribution in [-0.4, -0.2) is 65.1 Å². The fourth-order valence-corrected chi connectivity index (χ4v) is 4.29. The van der Waals surface area contributed by atoms with Crippen LogP contribution in [0.3, 0.4) is 0 Å². The molecule has 144 valence electrons. The van der Waals surface area contributed by atoms with Crippen LogP contribution in [0.4, 0.5) is 10.1 Å². The summed E-state index contributed by atoms with van der Waals surface area (Å²) in [6, 6.07) is 8.60. The number of carbonyl (C=O) groups excluding carboxylic acids is 1. The molecule has 1 N–H and O–H groups in total. The van der Waals surface area contributed by atoms with Gasteiger partial charge in [0.1, 0.15) is 6.17 Å². The number of benzene rings is 1. The van der Waals surface area contributed by atoms with Gasteiger partial charge in [-0.3, -0.25) is 14.7 Å². The number of hydrogen-bond donors (Lipinski definition) is 1. The summed E-state index contributed by atoms with van der Waals surface area (Å²) in [7, 11) is 0. The lowest BCUT2D eigenvalue weighted by Gasteiger charge is -2.24. The van der Waals surface area contributed by atoms with Crippen LogP contribution in [0.15, 0.2) is 30.5 Å². The summed E-state index contributed by atoms with van der Waals surface area (Å²) in [4.78, 5) is 20.8. The molecule has 0 radical (unpaired) electrons. The molecule has 2 aliphatic rings. The van der Waals surface area contributed by atoms with Gasteiger partial charge in [0, 0.05) is 48.9 Å². The SMILES string of the molecule is Cc1ccc2nccc(N[C@@H]3CCN(CC(=O)N4C[C@@H](F)C[C@H]4C)C3)c2c1. The lowest BCUT2D eigenvalue weighted by Crippen LogP contribution is -2.42. The monoisotopic (exact) mass is 370 g/mol. The van der Waals surface area contributed by atoms with Crippen LogP contribution in [0, 0.1) is 6.92 Å². The zero-order chi connectivity index (χ0) is 19.0. The molecular weight excluding hydrogens is 343 g/mol. The number of halogens is 1. The summed E-state index contributed by atoms with van der Waals surface area (Å²) < 4.78 is 13.5. The smallest absolute Gasteiger partial charge is 0.237 e. The first-order chi connectivity index (χ1) is 13.0. The third-order valence-corrected chi connectivity index (χ3v) is 5.73. The largest absolute Gasteiger partial charge is 0.380 e. The Balaban J connectivity index is 1.38. The van der Waals surface area contributed by atoms with Gasteiger partial charge in [0.15, 0.2) is 0 Å². The van der Waals surface area contributed by atoms with Gasteiger partial charge in [-0.15, -0.1) is 0 Å². The zero-order valence-electron chi connectivity index (χ0n) is 16.0. The lowest BCUT2D eigenvalue weighted by molar-refractivity contribution is -0.132. The molecule has 2 aromatic rings. The first-order valence-electron chi connectivity index (χ1n) is 9.77. The molecule has 5 nitrogen and oxygen atoms in total. The number of carbonyl (C=O) groups is 1. The van der Waals surface area contributed by atoms with Gasteiger partial charge in [0.2, 0.25) is 5.91 Å². The minimum atomic E-state index is -0.875. The average molecular weight is 370 g/mol. The maximum Gasteiger partial charge on any atom is 0.237 e. The number of anilines is 1. The van der Waals surface area contributed by atoms with Gasteiger partial charge >= 0.3 is 0 Å². The van der Waals surface area contributed by atoms with E-state index in [1.165, 1.54) is 5.56 Å². The lowest BCUT2D eigenvalue weighted by atomic mass is 10.1. The van der Waals surface area contributed by atoms with Crippen molar-refractivity contribution in [2.24, 2.45) is 0 Å². The highest BCUT2D eigenvalue weighted by atomic mass is 19.1. The number of fused-ring (bicyclic) bond motifs is 1. The zero-order valence-corrected chi connectivity index (χ0v) is 16.0. The minimum absolute atomic E-state index is 0.00967. The minimum Gasteiger partial charge on any atom is -0.380 e. The summed E-state index contributed by atoms with van der Waals surface area (Å²) in [5, 5.41) is 4.76. The number of rotatable bonds is 4. The number of nitrogens with zero attached hydrogens (tertiary/aromatic N) is 3. The molecule has 1 aromatic heterocycles. The molecule has 2 saturated heterocycles. The van der Waals surface area contributed by atoms with E-state index in [0.29, 0.717) is 19.0 Å². The Bertz CT molecular complexity index is 842. The van der Waals surface area contributed by atoms with E-state index in [1.54, 1.807) is 4.90 Å². The average Bonchev–Trinajstić information content (AvgIpc) is 3.21. The third-order valence-electron chi connectivity index (χ3n) is 5.73. The molecule has 6 heteroatoms. The van der Waals surface area contributed by atoms with E-state index >= 15 is 0 Å². The number of likely N-dealkylation sites (tertiary alicyclic amines) is 2. The van der Waals surface area contributed by atoms with Crippen LogP contribution in [-0.2, 0) is 4.79 Å². The molecule has 2 aliphatic heterocycles. The van der Waals surface area contributed by atoms with Gasteiger partial charge in [-0.25, -0.2) is 4.39 Å². The highest BCUT2D eigenvalue weighted by molar-refractivity contribution is 5.91. The van der Waals surface area contributed by atoms with Crippen molar-refractivity contribution in [1.29, 1.82) is 0 Å². The number of pyridine rings is 1. The van der Waals surface area contributed by atoms with E-state index in [9.17, 15) is 9.18 Å². The van der Waals surface area contributed by atoms with Crippen LogP contribution in [0.1, 0.15) is 25.3 Å². The standard InChI is InChI=1S/C21H27FN4O/c1-14-3-4-19-18(9-14)20(5-7-23-19)24-17-6-8-25(12-17)13-21(27)26-11-16(22)10-15(26)2/h3-5,7,9,15-17H,6,8,10-13H2,1-2H3,(H,23,24)/t15-,16+,17-/m1/s1. The Morgan fingerprint density at radius 1 is 1.33 bits per heavy atom. The van der Waals surface area contributed by atoms with Gasteiger partial charge in [-0.2, -0.15) is 0 Å². The van der Waals surface area contributed by atoms with Crippen molar-refractivity contribution in [2.45, 2.75) is 44.9 Å². The van der Waals surface area contributed by atoms with E-state index in [4.69, 9.17) is 0 Å². The van der Waals surface area contributed by atoms with Crippen LogP contribution in [0.25, 0.3) is 10.9 Å². The van der Waals surface area contributed by atoms with Crippen molar-refractivity contribution < 1.29 is 9.18 Å². The van der Waals surface area contributed by atoms with Crippen molar-refractivity contribution in [3.05, 3.63) is 36.0 Å². The van der Waals surface area contributed by atoms with Crippen molar-refractivity contribution in [2.75, 3.05) is 31.5 Å². The molecule has 1 amide bonds. The summed E-state index contributed by atoms with van der Waals surface area (Å²) in [6.45, 7) is 6.35. The summed E-state index contributed by atoms with van der Waals surface area (Å²) in [5.74, 6) is 0.0493. The van der Waals surface area contributed by atoms with Crippen molar-refractivity contribution in [3.63, 3.8) is 0 Å². The molecule has 2 fully saturated rings. The highest BCUT2D eigenvalue weighted by Gasteiger charge is 2.34. The van der Waals surface area contributed by atoms with Gasteiger partial charge in [0.25, 0.3) is 0 Å². The second kappa shape index (κ2) is 7.43. The molecule has 0 unspecified atom stereocenters. The number of amides is 1. The predicted octanol–water partition coefficient (Wildman–Crippen LogP) is 2.99. The Morgan fingerprint density at radius 2 is 2.19 bits per heavy atom. The molecule has 0 bridgehead atoms. The summed E-state index contributed by atoms with van der Waals surface area (Å²) >= 11 is 0. The number of nitrogens with one attached hydrogen (secondary N) is 1. The van der Waals surface area contributed by atoms with Crippen molar-refractivity contribution in [1.82, 2.24) is 14.8 Å². The Hall–Kier alpha value is -2.21. The fourth-order valence-electron chi connectivity index (χ4n) is 4.29. The number of aromatic nitrogens is 1. The predicted molar refractivity (Wildman–Crippen MR) is 106 cm³/mol. The topological polar surface area (TPSA) is 48.5 Å². The van der Waals surface area contributed by atoms with Gasteiger partial charge in [-0.1, -0.05) is 11.6 Å². The summed E-state index contributed by atoms with van der Waals surface area (Å²) in [5.41, 5.74) is 3.29. The first-order valence-corrected chi connectivity index (χ1v) is 9.77. The second-order valence-corrected chi connectivity index (χ2v) is 7.97. The molecule has 3 heterocycles. The molecular formula is C21H27FN4O. The third kappa shape index (κ3) is 3.90. The molecule has 4 rings (SSSR count). The van der Waals surface area contributed by atoms with Crippen molar-refractivity contribution >= 4 is 22.5 Å². The molecule has 0 aliphatic carbocycles. The van der Waals surface area contributed by atoms with Crippen LogP contribution in [0.5, 0.6) is 0 Å². The van der Waals surface area contributed by atoms with Crippen LogP contribution in [0.2, 0.25) is 0 Å². The molecule has 1 aromatic carbocycles. The molecule has 27 heavy (non-hydrogen) atoms. The van der Waals surface area contributed by atoms with E-state index in [2.05, 4.69) is 34.3 Å². The summed E-state index contributed by atoms with van der Waals surface area (Å²) in [6.07, 6.45) is 2.41. The number of alkyl halides is 1. The van der Waals surface area contributed by atoms with Crippen molar-refractivity contribution in [3.8, 4) is 0 Å². The fraction of sp³-hybridized carbons (Fsp3) is 0.524. The van der Waals surface area contributed by atoms with Crippen LogP contribution >= 0.6 is 0 Å². The van der Waals surface area contributed by atoms with E-state index < -0.39 is 6.17 Å². The van der Waals surface area contributed by atoms with Gasteiger partial charge in [-0.05, 0) is 38.5 Å². The second-order valence-electron chi connectivity index (χ2n) is 7.97. The Morgan fingerprint density at radius 3 is 2.96 bits per heavy atom. The van der Waals surface area contributed by atoms with Crippen LogP contribution < -0.4 is 5.32 Å². The van der Waals surface area contributed by atoms with Gasteiger partial charge < -0.3 is 10.2 Å². The molecule has 3 atom stereocenters. The Labute approximate surface area is 159 Å². The maximum absolute atomic E-state index is 13.5. The number of aryl methyl sites for hydroxylation is 1. The van der Waals surface area contributed by atoms with E-state index in [1.807, 2.05) is 25.3 Å². The quantitative estimate of drug-likeness (QED) is 0.899. The maximum atomic E-state index is 13.5. The van der Waals surface area contributed by atoms with E-state index in [0.717, 1.165) is 36.1 Å². The molecule has 0 spiro atoms. The normalized spacial score (nSPS) is 26.0. The Kier molecular flexibility index (Phi) is 5.00. The number of hydrogen-bond acceptors (Lipinski definition) is 4. The first kappa shape index (κ1) is 18.2. The van der Waals surface area contributed by atoms with E-state index in [-0.39, 0.29) is 18.5 Å².